The van der Waals surface area contributed by atoms with Crippen LogP contribution in [0.2, 0.25) is 0 Å². The van der Waals surface area contributed by atoms with E-state index in [1.807, 2.05) is 6.92 Å². The fourth-order valence-electron chi connectivity index (χ4n) is 2.64. The van der Waals surface area contributed by atoms with E-state index in [4.69, 9.17) is 0 Å². The third kappa shape index (κ3) is 3.45. The number of rotatable bonds is 5. The minimum Gasteiger partial charge on any atom is -0.388 e. The Morgan fingerprint density at radius 2 is 2.15 bits per heavy atom. The van der Waals surface area contributed by atoms with Crippen LogP contribution in [-0.4, -0.2) is 51.6 Å². The zero-order valence-corrected chi connectivity index (χ0v) is 12.1. The summed E-state index contributed by atoms with van der Waals surface area (Å²) in [5, 5.41) is 13.4. The molecule has 1 aliphatic carbocycles. The fraction of sp³-hybridized carbons (Fsp3) is 0.643. The number of aliphatic hydroxyl groups is 1. The molecule has 6 heteroatoms. The zero-order valence-electron chi connectivity index (χ0n) is 12.1. The smallest absolute Gasteiger partial charge is 0.273 e. The average molecular weight is 278 g/mol. The molecule has 110 valence electrons. The summed E-state index contributed by atoms with van der Waals surface area (Å²) in [6.07, 6.45) is 6.60. The maximum absolute atomic E-state index is 12.3. The number of hydrogen-bond donors (Lipinski definition) is 2. The summed E-state index contributed by atoms with van der Waals surface area (Å²) in [4.78, 5) is 22.1. The molecule has 0 bridgehead atoms. The Balaban J connectivity index is 2.04. The Morgan fingerprint density at radius 1 is 1.45 bits per heavy atom. The summed E-state index contributed by atoms with van der Waals surface area (Å²) in [5.74, 6) is 0.379. The number of likely N-dealkylation sites (N-methyl/N-ethyl adjacent to an activating group) is 1. The van der Waals surface area contributed by atoms with Gasteiger partial charge in [-0.15, -0.1) is 0 Å². The molecule has 0 radical (unpaired) electrons. The van der Waals surface area contributed by atoms with Crippen molar-refractivity contribution < 1.29 is 9.90 Å². The molecule has 0 atom stereocenters. The third-order valence-electron chi connectivity index (χ3n) is 3.62. The van der Waals surface area contributed by atoms with E-state index in [1.54, 1.807) is 13.2 Å². The molecule has 1 fully saturated rings. The summed E-state index contributed by atoms with van der Waals surface area (Å²) in [5.41, 5.74) is -0.440. The van der Waals surface area contributed by atoms with Gasteiger partial charge >= 0.3 is 0 Å². The van der Waals surface area contributed by atoms with Crippen molar-refractivity contribution in [1.82, 2.24) is 14.9 Å². The van der Waals surface area contributed by atoms with Gasteiger partial charge in [-0.1, -0.05) is 12.8 Å². The van der Waals surface area contributed by atoms with Gasteiger partial charge in [0.1, 0.15) is 11.5 Å². The highest BCUT2D eigenvalue weighted by molar-refractivity contribution is 5.92. The van der Waals surface area contributed by atoms with Crippen LogP contribution < -0.4 is 5.32 Å². The summed E-state index contributed by atoms with van der Waals surface area (Å²) in [6.45, 7) is 3.03. The Labute approximate surface area is 119 Å². The number of aromatic nitrogens is 2. The molecule has 1 heterocycles. The molecule has 0 spiro atoms. The first-order chi connectivity index (χ1) is 9.54. The zero-order chi connectivity index (χ0) is 14.6. The van der Waals surface area contributed by atoms with E-state index in [1.165, 1.54) is 11.1 Å². The lowest BCUT2D eigenvalue weighted by Crippen LogP contribution is -2.42. The van der Waals surface area contributed by atoms with Crippen LogP contribution in [0.25, 0.3) is 0 Å². The molecule has 1 saturated carbocycles. The van der Waals surface area contributed by atoms with Crippen molar-refractivity contribution in [3.63, 3.8) is 0 Å². The molecule has 0 aliphatic heterocycles. The normalized spacial score (nSPS) is 16.9. The Hall–Kier alpha value is -1.69. The molecular weight excluding hydrogens is 256 g/mol. The monoisotopic (exact) mass is 278 g/mol. The van der Waals surface area contributed by atoms with Crippen molar-refractivity contribution in [2.45, 2.75) is 38.2 Å². The van der Waals surface area contributed by atoms with Crippen molar-refractivity contribution in [2.75, 3.05) is 25.5 Å². The van der Waals surface area contributed by atoms with E-state index in [0.29, 0.717) is 18.1 Å². The lowest BCUT2D eigenvalue weighted by Gasteiger charge is -2.28. The number of carbonyl (C=O) groups is 1. The first-order valence-corrected chi connectivity index (χ1v) is 7.08. The van der Waals surface area contributed by atoms with Gasteiger partial charge < -0.3 is 15.3 Å². The van der Waals surface area contributed by atoms with Crippen LogP contribution in [0.5, 0.6) is 0 Å². The largest absolute Gasteiger partial charge is 0.388 e. The van der Waals surface area contributed by atoms with Crippen LogP contribution >= 0.6 is 0 Å². The van der Waals surface area contributed by atoms with Crippen molar-refractivity contribution in [2.24, 2.45) is 0 Å². The lowest BCUT2D eigenvalue weighted by atomic mass is 10.0. The summed E-state index contributed by atoms with van der Waals surface area (Å²) < 4.78 is 0. The lowest BCUT2D eigenvalue weighted by molar-refractivity contribution is 0.0154. The maximum Gasteiger partial charge on any atom is 0.273 e. The molecule has 0 saturated heterocycles. The van der Waals surface area contributed by atoms with Gasteiger partial charge in [0.25, 0.3) is 5.91 Å². The van der Waals surface area contributed by atoms with Crippen molar-refractivity contribution in [3.05, 3.63) is 18.1 Å². The highest BCUT2D eigenvalue weighted by Crippen LogP contribution is 2.30. The van der Waals surface area contributed by atoms with Crippen LogP contribution in [0.1, 0.15) is 43.1 Å². The minimum atomic E-state index is -0.739. The minimum absolute atomic E-state index is 0.211. The second-order valence-electron chi connectivity index (χ2n) is 5.41. The molecular formula is C14H22N4O2. The van der Waals surface area contributed by atoms with Crippen LogP contribution in [0, 0.1) is 0 Å². The molecule has 1 amide bonds. The quantitative estimate of drug-likeness (QED) is 0.848. The number of hydrogen-bond acceptors (Lipinski definition) is 5. The third-order valence-corrected chi connectivity index (χ3v) is 3.62. The second-order valence-corrected chi connectivity index (χ2v) is 5.41. The van der Waals surface area contributed by atoms with Crippen LogP contribution in [-0.2, 0) is 0 Å². The first-order valence-electron chi connectivity index (χ1n) is 7.08. The maximum atomic E-state index is 12.3. The molecule has 2 rings (SSSR count). The van der Waals surface area contributed by atoms with Gasteiger partial charge in [0, 0.05) is 20.1 Å². The van der Waals surface area contributed by atoms with E-state index < -0.39 is 5.60 Å². The van der Waals surface area contributed by atoms with Crippen molar-refractivity contribution in [3.8, 4) is 0 Å². The van der Waals surface area contributed by atoms with Crippen LogP contribution in [0.4, 0.5) is 5.82 Å². The SMILES string of the molecule is CCNc1cncc(C(=O)N(C)CC2(O)CCCC2)n1. The standard InChI is InChI=1S/C14H22N4O2/c1-3-16-12-9-15-8-11(17-12)13(19)18(2)10-14(20)6-4-5-7-14/h8-9,20H,3-7,10H2,1-2H3,(H,16,17). The molecule has 0 unspecified atom stereocenters. The number of amides is 1. The Bertz CT molecular complexity index is 472. The van der Waals surface area contributed by atoms with Gasteiger partial charge in [-0.25, -0.2) is 4.98 Å². The average Bonchev–Trinajstić information content (AvgIpc) is 2.85. The number of anilines is 1. The highest BCUT2D eigenvalue weighted by Gasteiger charge is 2.33. The van der Waals surface area contributed by atoms with E-state index in [-0.39, 0.29) is 5.91 Å². The van der Waals surface area contributed by atoms with Crippen LogP contribution in [0.3, 0.4) is 0 Å². The summed E-state index contributed by atoms with van der Waals surface area (Å²) in [7, 11) is 1.69. The van der Waals surface area contributed by atoms with Gasteiger partial charge in [0.2, 0.25) is 0 Å². The van der Waals surface area contributed by atoms with E-state index in [2.05, 4.69) is 15.3 Å². The summed E-state index contributed by atoms with van der Waals surface area (Å²) >= 11 is 0. The molecule has 1 aromatic heterocycles. The Kier molecular flexibility index (Phi) is 4.54. The highest BCUT2D eigenvalue weighted by atomic mass is 16.3. The number of nitrogens with one attached hydrogen (secondary N) is 1. The number of nitrogens with zero attached hydrogens (tertiary/aromatic N) is 3. The van der Waals surface area contributed by atoms with Crippen molar-refractivity contribution >= 4 is 11.7 Å². The van der Waals surface area contributed by atoms with Gasteiger partial charge in [-0.3, -0.25) is 9.78 Å². The first kappa shape index (κ1) is 14.7. The topological polar surface area (TPSA) is 78.4 Å². The predicted octanol–water partition coefficient (Wildman–Crippen LogP) is 1.29. The van der Waals surface area contributed by atoms with Gasteiger partial charge in [-0.05, 0) is 19.8 Å². The van der Waals surface area contributed by atoms with Gasteiger partial charge in [-0.2, -0.15) is 0 Å². The molecule has 20 heavy (non-hydrogen) atoms. The molecule has 1 aromatic rings. The van der Waals surface area contributed by atoms with Crippen molar-refractivity contribution in [1.29, 1.82) is 0 Å². The fourth-order valence-corrected chi connectivity index (χ4v) is 2.64. The number of carbonyl (C=O) groups excluding carboxylic acids is 1. The van der Waals surface area contributed by atoms with Gasteiger partial charge in [0.05, 0.1) is 18.0 Å². The molecule has 0 aromatic carbocycles. The molecule has 1 aliphatic rings. The Morgan fingerprint density at radius 3 is 2.80 bits per heavy atom. The van der Waals surface area contributed by atoms with E-state index in [9.17, 15) is 9.90 Å². The second kappa shape index (κ2) is 6.17. The predicted molar refractivity (Wildman–Crippen MR) is 76.6 cm³/mol. The van der Waals surface area contributed by atoms with Gasteiger partial charge in [0.15, 0.2) is 0 Å². The van der Waals surface area contributed by atoms with E-state index in [0.717, 1.165) is 32.2 Å². The van der Waals surface area contributed by atoms with Crippen LogP contribution in [0.15, 0.2) is 12.4 Å². The molecule has 6 nitrogen and oxygen atoms in total. The summed E-state index contributed by atoms with van der Waals surface area (Å²) in [6, 6.07) is 0. The molecule has 2 N–H and O–H groups in total. The van der Waals surface area contributed by atoms with E-state index >= 15 is 0 Å².